The van der Waals surface area contributed by atoms with E-state index in [1.54, 1.807) is 30.3 Å². The zero-order valence-electron chi connectivity index (χ0n) is 16.7. The monoisotopic (exact) mass is 420 g/mol. The molecule has 0 aliphatic rings. The third-order valence-electron chi connectivity index (χ3n) is 4.71. The number of rotatable bonds is 5. The first kappa shape index (κ1) is 20.2. The maximum Gasteiger partial charge on any atom is 0.346 e. The van der Waals surface area contributed by atoms with Gasteiger partial charge in [-0.15, -0.1) is 0 Å². The molecule has 0 N–H and O–H groups in total. The molecule has 4 aromatic rings. The Labute approximate surface area is 176 Å². The number of benzene rings is 3. The van der Waals surface area contributed by atoms with Gasteiger partial charge in [0.25, 0.3) is 0 Å². The van der Waals surface area contributed by atoms with Crippen LogP contribution in [0.5, 0.6) is 17.2 Å². The van der Waals surface area contributed by atoms with E-state index in [-0.39, 0.29) is 16.9 Å². The zero-order valence-corrected chi connectivity index (χ0v) is 16.7. The van der Waals surface area contributed by atoms with Gasteiger partial charge in [-0.1, -0.05) is 12.1 Å². The predicted octanol–water partition coefficient (Wildman–Crippen LogP) is 4.84. The summed E-state index contributed by atoms with van der Waals surface area (Å²) in [6.07, 6.45) is 0. The number of halogens is 1. The lowest BCUT2D eigenvalue weighted by Gasteiger charge is -2.11. The van der Waals surface area contributed by atoms with Gasteiger partial charge < -0.3 is 18.6 Å². The van der Waals surface area contributed by atoms with Gasteiger partial charge in [-0.2, -0.15) is 0 Å². The first-order valence-electron chi connectivity index (χ1n) is 9.27. The van der Waals surface area contributed by atoms with Crippen LogP contribution < -0.4 is 19.8 Å². The Morgan fingerprint density at radius 1 is 0.871 bits per heavy atom. The molecule has 0 aliphatic heterocycles. The van der Waals surface area contributed by atoms with E-state index < -0.39 is 17.4 Å². The van der Waals surface area contributed by atoms with Crippen LogP contribution in [0.2, 0.25) is 0 Å². The quantitative estimate of drug-likeness (QED) is 0.261. The molecule has 0 spiro atoms. The van der Waals surface area contributed by atoms with Crippen LogP contribution in [0.4, 0.5) is 4.39 Å². The number of hydrogen-bond acceptors (Lipinski definition) is 6. The van der Waals surface area contributed by atoms with Crippen molar-refractivity contribution >= 4 is 16.9 Å². The van der Waals surface area contributed by atoms with E-state index in [9.17, 15) is 14.0 Å². The summed E-state index contributed by atoms with van der Waals surface area (Å²) in [5.74, 6) is -0.363. The lowest BCUT2D eigenvalue weighted by Crippen LogP contribution is -2.10. The number of carbonyl (C=O) groups is 1. The highest BCUT2D eigenvalue weighted by Crippen LogP contribution is 2.33. The molecule has 31 heavy (non-hydrogen) atoms. The Morgan fingerprint density at radius 3 is 2.39 bits per heavy atom. The van der Waals surface area contributed by atoms with E-state index in [4.69, 9.17) is 18.6 Å². The minimum Gasteiger partial charge on any atom is -0.497 e. The van der Waals surface area contributed by atoms with Gasteiger partial charge in [-0.25, -0.2) is 14.0 Å². The molecule has 3 aromatic carbocycles. The number of fused-ring (bicyclic) bond motifs is 1. The van der Waals surface area contributed by atoms with Gasteiger partial charge in [-0.05, 0) is 48.5 Å². The van der Waals surface area contributed by atoms with Crippen molar-refractivity contribution in [1.29, 1.82) is 0 Å². The molecule has 0 amide bonds. The summed E-state index contributed by atoms with van der Waals surface area (Å²) in [7, 11) is 3.03. The molecule has 4 rings (SSSR count). The summed E-state index contributed by atoms with van der Waals surface area (Å²) >= 11 is 0. The van der Waals surface area contributed by atoms with Crippen LogP contribution in [0.1, 0.15) is 10.4 Å². The van der Waals surface area contributed by atoms with Crippen molar-refractivity contribution in [1.82, 2.24) is 0 Å². The fourth-order valence-corrected chi connectivity index (χ4v) is 3.16. The van der Waals surface area contributed by atoms with Gasteiger partial charge >= 0.3 is 11.6 Å². The van der Waals surface area contributed by atoms with Crippen LogP contribution >= 0.6 is 0 Å². The molecular formula is C24H17FO6. The Balaban J connectivity index is 1.71. The maximum atomic E-state index is 13.8. The van der Waals surface area contributed by atoms with E-state index >= 15 is 0 Å². The van der Waals surface area contributed by atoms with Crippen molar-refractivity contribution in [2.75, 3.05) is 14.2 Å². The van der Waals surface area contributed by atoms with Gasteiger partial charge in [-0.3, -0.25) is 0 Å². The SMILES string of the molecule is COc1ccc(OC)c(-c2cc3ccc(OC(=O)c4ccccc4F)cc3oc2=O)c1. The summed E-state index contributed by atoms with van der Waals surface area (Å²) in [4.78, 5) is 24.9. The molecule has 0 fully saturated rings. The molecular weight excluding hydrogens is 403 g/mol. The Morgan fingerprint density at radius 2 is 1.65 bits per heavy atom. The minimum atomic E-state index is -0.850. The molecule has 0 saturated heterocycles. The number of ether oxygens (including phenoxy) is 3. The normalized spacial score (nSPS) is 10.7. The second-order valence-electron chi connectivity index (χ2n) is 6.58. The fourth-order valence-electron chi connectivity index (χ4n) is 3.16. The summed E-state index contributed by atoms with van der Waals surface area (Å²) in [6, 6.07) is 16.8. The molecule has 0 unspecified atom stereocenters. The van der Waals surface area contributed by atoms with Crippen LogP contribution in [0.15, 0.2) is 75.9 Å². The van der Waals surface area contributed by atoms with Gasteiger partial charge in [0.2, 0.25) is 0 Å². The second kappa shape index (κ2) is 8.31. The van der Waals surface area contributed by atoms with Crippen molar-refractivity contribution in [3.8, 4) is 28.4 Å². The third kappa shape index (κ3) is 3.98. The van der Waals surface area contributed by atoms with Crippen molar-refractivity contribution in [2.24, 2.45) is 0 Å². The zero-order chi connectivity index (χ0) is 22.0. The average Bonchev–Trinajstić information content (AvgIpc) is 2.78. The largest absolute Gasteiger partial charge is 0.497 e. The summed E-state index contributed by atoms with van der Waals surface area (Å²) < 4.78 is 35.1. The highest BCUT2D eigenvalue weighted by Gasteiger charge is 2.16. The number of esters is 1. The average molecular weight is 420 g/mol. The molecule has 0 aliphatic carbocycles. The lowest BCUT2D eigenvalue weighted by atomic mass is 10.0. The van der Waals surface area contributed by atoms with Crippen molar-refractivity contribution < 1.29 is 27.8 Å². The summed E-state index contributed by atoms with van der Waals surface area (Å²) in [6.45, 7) is 0. The molecule has 6 nitrogen and oxygen atoms in total. The lowest BCUT2D eigenvalue weighted by molar-refractivity contribution is 0.0730. The smallest absolute Gasteiger partial charge is 0.346 e. The molecule has 0 bridgehead atoms. The van der Waals surface area contributed by atoms with Crippen molar-refractivity contribution in [2.45, 2.75) is 0 Å². The van der Waals surface area contributed by atoms with Crippen LogP contribution in [0.3, 0.4) is 0 Å². The Bertz CT molecular complexity index is 1340. The van der Waals surface area contributed by atoms with Crippen LogP contribution in [0, 0.1) is 5.82 Å². The van der Waals surface area contributed by atoms with Crippen LogP contribution in [-0.4, -0.2) is 20.2 Å². The number of methoxy groups -OCH3 is 2. The van der Waals surface area contributed by atoms with E-state index in [1.165, 1.54) is 50.6 Å². The Hall–Kier alpha value is -4.13. The molecule has 0 radical (unpaired) electrons. The van der Waals surface area contributed by atoms with E-state index in [2.05, 4.69) is 0 Å². The number of hydrogen-bond donors (Lipinski definition) is 0. The summed E-state index contributed by atoms with van der Waals surface area (Å²) in [5, 5.41) is 0.602. The molecule has 0 atom stereocenters. The highest BCUT2D eigenvalue weighted by atomic mass is 19.1. The highest BCUT2D eigenvalue weighted by molar-refractivity contribution is 5.92. The minimum absolute atomic E-state index is 0.121. The fraction of sp³-hybridized carbons (Fsp3) is 0.0833. The van der Waals surface area contributed by atoms with Gasteiger partial charge in [0.15, 0.2) is 0 Å². The molecule has 156 valence electrons. The predicted molar refractivity (Wildman–Crippen MR) is 112 cm³/mol. The maximum absolute atomic E-state index is 13.8. The summed E-state index contributed by atoms with van der Waals surface area (Å²) in [5.41, 5.74) is 0.238. The van der Waals surface area contributed by atoms with Crippen molar-refractivity contribution in [3.63, 3.8) is 0 Å². The van der Waals surface area contributed by atoms with Gasteiger partial charge in [0.1, 0.15) is 28.6 Å². The molecule has 1 heterocycles. The molecule has 0 saturated carbocycles. The van der Waals surface area contributed by atoms with E-state index in [0.717, 1.165) is 0 Å². The van der Waals surface area contributed by atoms with Crippen LogP contribution in [0.25, 0.3) is 22.1 Å². The molecule has 7 heteroatoms. The van der Waals surface area contributed by atoms with Crippen LogP contribution in [-0.2, 0) is 0 Å². The Kier molecular flexibility index (Phi) is 5.41. The topological polar surface area (TPSA) is 75.0 Å². The standard InChI is InChI=1S/C24H17FO6/c1-28-15-9-10-21(29-2)18(12-15)19-11-14-7-8-16(13-22(14)31-24(19)27)30-23(26)17-5-3-4-6-20(17)25/h3-13H,1-2H3. The first-order valence-corrected chi connectivity index (χ1v) is 9.27. The number of carbonyl (C=O) groups excluding carboxylic acids is 1. The van der Waals surface area contributed by atoms with Gasteiger partial charge in [0.05, 0.1) is 25.3 Å². The molecule has 1 aromatic heterocycles. The second-order valence-corrected chi connectivity index (χ2v) is 6.58. The third-order valence-corrected chi connectivity index (χ3v) is 4.71. The van der Waals surface area contributed by atoms with E-state index in [0.29, 0.717) is 28.0 Å². The van der Waals surface area contributed by atoms with E-state index in [1.807, 2.05) is 0 Å². The van der Waals surface area contributed by atoms with Crippen molar-refractivity contribution in [3.05, 3.63) is 88.5 Å². The first-order chi connectivity index (χ1) is 15.0. The van der Waals surface area contributed by atoms with Gasteiger partial charge in [0, 0.05) is 17.0 Å².